The first-order valence-electron chi connectivity index (χ1n) is 5.56. The first-order valence-corrected chi connectivity index (χ1v) is 6.71. The van der Waals surface area contributed by atoms with Gasteiger partial charge in [-0.25, -0.2) is 9.59 Å². The van der Waals surface area contributed by atoms with E-state index in [0.29, 0.717) is 5.75 Å². The van der Waals surface area contributed by atoms with Crippen LogP contribution in [0.4, 0.5) is 4.79 Å². The van der Waals surface area contributed by atoms with Gasteiger partial charge in [-0.15, -0.1) is 0 Å². The zero-order chi connectivity index (χ0) is 13.5. The summed E-state index contributed by atoms with van der Waals surface area (Å²) in [6, 6.07) is -0.901. The van der Waals surface area contributed by atoms with Crippen molar-refractivity contribution in [3.63, 3.8) is 0 Å². The number of hydrogen-bond donors (Lipinski definition) is 2. The zero-order valence-corrected chi connectivity index (χ0v) is 11.6. The van der Waals surface area contributed by atoms with Crippen LogP contribution < -0.4 is 5.32 Å². The summed E-state index contributed by atoms with van der Waals surface area (Å²) >= 11 is 1.50. The summed E-state index contributed by atoms with van der Waals surface area (Å²) in [5.41, 5.74) is -0.621. The molecule has 0 saturated carbocycles. The number of carbonyl (C=O) groups is 2. The van der Waals surface area contributed by atoms with Gasteiger partial charge in [-0.1, -0.05) is 6.92 Å². The molecule has 6 heteroatoms. The second kappa shape index (κ2) is 7.42. The lowest BCUT2D eigenvalue weighted by molar-refractivity contribution is -0.138. The number of carboxylic acid groups (broad SMARTS) is 1. The number of nitrogens with one attached hydrogen (secondary N) is 1. The Morgan fingerprint density at radius 3 is 2.41 bits per heavy atom. The first kappa shape index (κ1) is 16.1. The predicted octanol–water partition coefficient (Wildman–Crippen LogP) is 2.11. The van der Waals surface area contributed by atoms with Crippen LogP contribution in [0.5, 0.6) is 0 Å². The van der Waals surface area contributed by atoms with E-state index in [9.17, 15) is 9.59 Å². The molecule has 0 aromatic heterocycles. The Bertz CT molecular complexity index is 263. The van der Waals surface area contributed by atoms with E-state index in [1.54, 1.807) is 20.8 Å². The zero-order valence-electron chi connectivity index (χ0n) is 10.8. The molecule has 0 aromatic carbocycles. The van der Waals surface area contributed by atoms with Crippen LogP contribution in [0, 0.1) is 0 Å². The molecule has 5 nitrogen and oxygen atoms in total. The number of thioether (sulfide) groups is 1. The summed E-state index contributed by atoms with van der Waals surface area (Å²) in [6.45, 7) is 7.21. The SMILES string of the molecule is CCCSC[C@@H](NC(=O)OC(C)(C)C)C(=O)O. The highest BCUT2D eigenvalue weighted by molar-refractivity contribution is 7.99. The topological polar surface area (TPSA) is 75.6 Å². The van der Waals surface area contributed by atoms with Gasteiger partial charge in [-0.05, 0) is 32.9 Å². The van der Waals surface area contributed by atoms with Gasteiger partial charge in [0.05, 0.1) is 0 Å². The summed E-state index contributed by atoms with van der Waals surface area (Å²) in [6.07, 6.45) is 0.283. The van der Waals surface area contributed by atoms with Gasteiger partial charge in [-0.2, -0.15) is 11.8 Å². The maximum absolute atomic E-state index is 11.4. The lowest BCUT2D eigenvalue weighted by Crippen LogP contribution is -2.45. The fraction of sp³-hybridized carbons (Fsp3) is 0.818. The highest BCUT2D eigenvalue weighted by Gasteiger charge is 2.23. The normalized spacial score (nSPS) is 12.9. The molecular weight excluding hydrogens is 242 g/mol. The summed E-state index contributed by atoms with van der Waals surface area (Å²) in [5, 5.41) is 11.3. The van der Waals surface area contributed by atoms with Gasteiger partial charge in [0, 0.05) is 5.75 Å². The summed E-state index contributed by atoms with van der Waals surface area (Å²) in [4.78, 5) is 22.3. The molecular formula is C11H21NO4S. The molecule has 0 heterocycles. The summed E-state index contributed by atoms with van der Waals surface area (Å²) in [5.74, 6) is 0.182. The third kappa shape index (κ3) is 8.85. The Morgan fingerprint density at radius 2 is 2.00 bits per heavy atom. The molecule has 0 rings (SSSR count). The van der Waals surface area contributed by atoms with Crippen molar-refractivity contribution in [1.29, 1.82) is 0 Å². The molecule has 0 saturated heterocycles. The lowest BCUT2D eigenvalue weighted by atomic mass is 10.2. The van der Waals surface area contributed by atoms with Gasteiger partial charge in [0.2, 0.25) is 0 Å². The van der Waals surface area contributed by atoms with Gasteiger partial charge in [0.1, 0.15) is 11.6 Å². The van der Waals surface area contributed by atoms with Gasteiger partial charge < -0.3 is 15.2 Å². The molecule has 0 aromatic rings. The van der Waals surface area contributed by atoms with Crippen molar-refractivity contribution in [2.75, 3.05) is 11.5 Å². The maximum atomic E-state index is 11.4. The maximum Gasteiger partial charge on any atom is 0.408 e. The van der Waals surface area contributed by atoms with E-state index in [-0.39, 0.29) is 0 Å². The summed E-state index contributed by atoms with van der Waals surface area (Å²) in [7, 11) is 0. The van der Waals surface area contributed by atoms with Crippen molar-refractivity contribution >= 4 is 23.8 Å². The van der Waals surface area contributed by atoms with Gasteiger partial charge >= 0.3 is 12.1 Å². The minimum absolute atomic E-state index is 0.350. The minimum Gasteiger partial charge on any atom is -0.480 e. The van der Waals surface area contributed by atoms with E-state index in [0.717, 1.165) is 12.2 Å². The smallest absolute Gasteiger partial charge is 0.408 e. The Morgan fingerprint density at radius 1 is 1.41 bits per heavy atom. The van der Waals surface area contributed by atoms with E-state index >= 15 is 0 Å². The lowest BCUT2D eigenvalue weighted by Gasteiger charge is -2.21. The monoisotopic (exact) mass is 263 g/mol. The second-order valence-electron chi connectivity index (χ2n) is 4.61. The molecule has 17 heavy (non-hydrogen) atoms. The van der Waals surface area contributed by atoms with E-state index in [2.05, 4.69) is 5.32 Å². The van der Waals surface area contributed by atoms with Crippen LogP contribution in [-0.2, 0) is 9.53 Å². The Labute approximate surface area is 106 Å². The third-order valence-electron chi connectivity index (χ3n) is 1.62. The minimum atomic E-state index is -1.04. The summed E-state index contributed by atoms with van der Waals surface area (Å²) < 4.78 is 5.00. The number of aliphatic carboxylic acids is 1. The molecule has 0 spiro atoms. The molecule has 0 aliphatic rings. The highest BCUT2D eigenvalue weighted by Crippen LogP contribution is 2.09. The van der Waals surface area contributed by atoms with E-state index in [4.69, 9.17) is 9.84 Å². The number of hydrogen-bond acceptors (Lipinski definition) is 4. The Hall–Kier alpha value is -0.910. The van der Waals surface area contributed by atoms with Gasteiger partial charge in [0.25, 0.3) is 0 Å². The number of alkyl carbamates (subject to hydrolysis) is 1. The standard InChI is InChI=1S/C11H21NO4S/c1-5-6-17-7-8(9(13)14)12-10(15)16-11(2,3)4/h8H,5-7H2,1-4H3,(H,12,15)(H,13,14)/t8-/m1/s1. The van der Waals surface area contributed by atoms with Crippen molar-refractivity contribution in [1.82, 2.24) is 5.32 Å². The van der Waals surface area contributed by atoms with Crippen molar-refractivity contribution in [3.05, 3.63) is 0 Å². The molecule has 0 radical (unpaired) electrons. The van der Waals surface area contributed by atoms with Crippen molar-refractivity contribution in [3.8, 4) is 0 Å². The van der Waals surface area contributed by atoms with Crippen LogP contribution >= 0.6 is 11.8 Å². The molecule has 0 unspecified atom stereocenters. The molecule has 100 valence electrons. The average molecular weight is 263 g/mol. The third-order valence-corrected chi connectivity index (χ3v) is 2.89. The van der Waals surface area contributed by atoms with Crippen LogP contribution in [0.3, 0.4) is 0 Å². The Balaban J connectivity index is 4.16. The van der Waals surface area contributed by atoms with Crippen LogP contribution in [-0.4, -0.2) is 40.3 Å². The molecule has 0 bridgehead atoms. The molecule has 1 amide bonds. The average Bonchev–Trinajstić information content (AvgIpc) is 2.13. The van der Waals surface area contributed by atoms with Crippen LogP contribution in [0.1, 0.15) is 34.1 Å². The number of ether oxygens (including phenoxy) is 1. The quantitative estimate of drug-likeness (QED) is 0.718. The van der Waals surface area contributed by atoms with Crippen molar-refractivity contribution in [2.45, 2.75) is 45.8 Å². The first-order chi connectivity index (χ1) is 7.76. The van der Waals surface area contributed by atoms with Gasteiger partial charge in [-0.3, -0.25) is 0 Å². The van der Waals surface area contributed by atoms with Crippen LogP contribution in [0.25, 0.3) is 0 Å². The van der Waals surface area contributed by atoms with Crippen molar-refractivity contribution in [2.24, 2.45) is 0 Å². The van der Waals surface area contributed by atoms with E-state index in [1.807, 2.05) is 6.92 Å². The predicted molar refractivity (Wildman–Crippen MR) is 68.4 cm³/mol. The highest BCUT2D eigenvalue weighted by atomic mass is 32.2. The second-order valence-corrected chi connectivity index (χ2v) is 5.76. The molecule has 0 aliphatic carbocycles. The van der Waals surface area contributed by atoms with Gasteiger partial charge in [0.15, 0.2) is 0 Å². The Kier molecular flexibility index (Phi) is 7.03. The fourth-order valence-corrected chi connectivity index (χ4v) is 1.89. The van der Waals surface area contributed by atoms with Crippen LogP contribution in [0.2, 0.25) is 0 Å². The number of amides is 1. The number of rotatable bonds is 6. The largest absolute Gasteiger partial charge is 0.480 e. The molecule has 0 aliphatic heterocycles. The molecule has 0 fully saturated rings. The number of carbonyl (C=O) groups excluding carboxylic acids is 1. The van der Waals surface area contributed by atoms with Crippen LogP contribution in [0.15, 0.2) is 0 Å². The number of carboxylic acids is 1. The van der Waals surface area contributed by atoms with E-state index in [1.165, 1.54) is 11.8 Å². The van der Waals surface area contributed by atoms with E-state index < -0.39 is 23.7 Å². The fourth-order valence-electron chi connectivity index (χ4n) is 0.970. The molecule has 2 N–H and O–H groups in total. The van der Waals surface area contributed by atoms with Crippen molar-refractivity contribution < 1.29 is 19.4 Å². The molecule has 1 atom stereocenters.